The number of nitrogens with zero attached hydrogens (tertiary/aromatic N) is 2. The second-order valence-electron chi connectivity index (χ2n) is 6.20. The van der Waals surface area contributed by atoms with E-state index >= 15 is 0 Å². The fourth-order valence-electron chi connectivity index (χ4n) is 3.42. The van der Waals surface area contributed by atoms with Gasteiger partial charge in [0.05, 0.1) is 11.0 Å². The van der Waals surface area contributed by atoms with Crippen molar-refractivity contribution in [2.75, 3.05) is 13.1 Å². The SMILES string of the molecule is Cl.Fc1ccc(Cn2c(C3CCNCC3)nc3ccccc32)cc1. The van der Waals surface area contributed by atoms with Crippen molar-refractivity contribution >= 4 is 23.4 Å². The van der Waals surface area contributed by atoms with E-state index in [1.54, 1.807) is 0 Å². The predicted molar refractivity (Wildman–Crippen MR) is 97.3 cm³/mol. The average molecular weight is 346 g/mol. The van der Waals surface area contributed by atoms with E-state index in [0.29, 0.717) is 5.92 Å². The van der Waals surface area contributed by atoms with Crippen molar-refractivity contribution in [2.24, 2.45) is 0 Å². The highest BCUT2D eigenvalue weighted by Crippen LogP contribution is 2.29. The zero-order valence-electron chi connectivity index (χ0n) is 13.4. The normalized spacial score (nSPS) is 15.4. The second-order valence-corrected chi connectivity index (χ2v) is 6.20. The first-order valence-corrected chi connectivity index (χ1v) is 8.21. The fraction of sp³-hybridized carbons (Fsp3) is 0.316. The molecule has 126 valence electrons. The van der Waals surface area contributed by atoms with Gasteiger partial charge in [0.2, 0.25) is 0 Å². The molecule has 0 atom stereocenters. The minimum absolute atomic E-state index is 0. The molecule has 1 saturated heterocycles. The number of piperidine rings is 1. The lowest BCUT2D eigenvalue weighted by Gasteiger charge is -2.23. The number of para-hydroxylation sites is 2. The third kappa shape index (κ3) is 3.30. The highest BCUT2D eigenvalue weighted by molar-refractivity contribution is 5.85. The van der Waals surface area contributed by atoms with Crippen LogP contribution < -0.4 is 5.32 Å². The molecule has 0 bridgehead atoms. The number of rotatable bonds is 3. The summed E-state index contributed by atoms with van der Waals surface area (Å²) in [6.45, 7) is 2.83. The van der Waals surface area contributed by atoms with E-state index in [1.165, 1.54) is 12.1 Å². The Balaban J connectivity index is 0.00000169. The number of aromatic nitrogens is 2. The number of fused-ring (bicyclic) bond motifs is 1. The molecule has 4 rings (SSSR count). The van der Waals surface area contributed by atoms with Crippen molar-refractivity contribution < 1.29 is 4.39 Å². The van der Waals surface area contributed by atoms with E-state index in [0.717, 1.165) is 54.9 Å². The molecule has 5 heteroatoms. The monoisotopic (exact) mass is 345 g/mol. The van der Waals surface area contributed by atoms with E-state index in [1.807, 2.05) is 18.2 Å². The van der Waals surface area contributed by atoms with Gasteiger partial charge in [-0.25, -0.2) is 9.37 Å². The number of halogens is 2. The summed E-state index contributed by atoms with van der Waals surface area (Å²) in [6.07, 6.45) is 2.24. The Kier molecular flexibility index (Phi) is 5.17. The van der Waals surface area contributed by atoms with Gasteiger partial charge in [0, 0.05) is 12.5 Å². The van der Waals surface area contributed by atoms with Crippen LogP contribution in [0, 0.1) is 5.82 Å². The van der Waals surface area contributed by atoms with Gasteiger partial charge in [-0.15, -0.1) is 12.4 Å². The van der Waals surface area contributed by atoms with Crippen molar-refractivity contribution in [3.63, 3.8) is 0 Å². The van der Waals surface area contributed by atoms with Crippen LogP contribution in [-0.4, -0.2) is 22.6 Å². The van der Waals surface area contributed by atoms with Crippen LogP contribution in [0.15, 0.2) is 48.5 Å². The van der Waals surface area contributed by atoms with Crippen LogP contribution in [0.4, 0.5) is 4.39 Å². The molecule has 1 aromatic heterocycles. The zero-order chi connectivity index (χ0) is 15.6. The summed E-state index contributed by atoms with van der Waals surface area (Å²) in [5, 5.41) is 3.41. The van der Waals surface area contributed by atoms with Gasteiger partial charge in [0.25, 0.3) is 0 Å². The van der Waals surface area contributed by atoms with Crippen molar-refractivity contribution in [1.29, 1.82) is 0 Å². The number of imidazole rings is 1. The summed E-state index contributed by atoms with van der Waals surface area (Å²) in [5.74, 6) is 1.46. The molecular formula is C19H21ClFN3. The third-order valence-corrected chi connectivity index (χ3v) is 4.64. The van der Waals surface area contributed by atoms with E-state index in [2.05, 4.69) is 28.1 Å². The van der Waals surface area contributed by atoms with E-state index < -0.39 is 0 Å². The van der Waals surface area contributed by atoms with Crippen LogP contribution in [0.3, 0.4) is 0 Å². The van der Waals surface area contributed by atoms with Gasteiger partial charge in [0.15, 0.2) is 0 Å². The van der Waals surface area contributed by atoms with Crippen LogP contribution in [0.25, 0.3) is 11.0 Å². The summed E-state index contributed by atoms with van der Waals surface area (Å²) < 4.78 is 15.5. The maximum Gasteiger partial charge on any atom is 0.123 e. The van der Waals surface area contributed by atoms with Crippen LogP contribution in [0.5, 0.6) is 0 Å². The average Bonchev–Trinajstić information content (AvgIpc) is 2.96. The van der Waals surface area contributed by atoms with Crippen LogP contribution >= 0.6 is 12.4 Å². The fourth-order valence-corrected chi connectivity index (χ4v) is 3.42. The van der Waals surface area contributed by atoms with Crippen molar-refractivity contribution in [1.82, 2.24) is 14.9 Å². The second kappa shape index (κ2) is 7.32. The summed E-state index contributed by atoms with van der Waals surface area (Å²) in [7, 11) is 0. The molecular weight excluding hydrogens is 325 g/mol. The zero-order valence-corrected chi connectivity index (χ0v) is 14.2. The lowest BCUT2D eigenvalue weighted by molar-refractivity contribution is 0.435. The van der Waals surface area contributed by atoms with E-state index in [4.69, 9.17) is 4.98 Å². The topological polar surface area (TPSA) is 29.9 Å². The minimum Gasteiger partial charge on any atom is -0.323 e. The molecule has 3 aromatic rings. The molecule has 2 aromatic carbocycles. The van der Waals surface area contributed by atoms with Crippen molar-refractivity contribution in [2.45, 2.75) is 25.3 Å². The quantitative estimate of drug-likeness (QED) is 0.774. The van der Waals surface area contributed by atoms with Gasteiger partial charge < -0.3 is 9.88 Å². The van der Waals surface area contributed by atoms with Crippen molar-refractivity contribution in [3.8, 4) is 0 Å². The lowest BCUT2D eigenvalue weighted by Crippen LogP contribution is -2.28. The minimum atomic E-state index is -0.192. The number of benzene rings is 2. The summed E-state index contributed by atoms with van der Waals surface area (Å²) in [4.78, 5) is 4.91. The number of nitrogens with one attached hydrogen (secondary N) is 1. The molecule has 0 radical (unpaired) electrons. The van der Waals surface area contributed by atoms with Gasteiger partial charge in [-0.2, -0.15) is 0 Å². The third-order valence-electron chi connectivity index (χ3n) is 4.64. The van der Waals surface area contributed by atoms with Gasteiger partial charge in [-0.05, 0) is 55.8 Å². The molecule has 0 unspecified atom stereocenters. The van der Waals surface area contributed by atoms with Crippen LogP contribution in [-0.2, 0) is 6.54 Å². The first kappa shape index (κ1) is 16.9. The first-order chi connectivity index (χ1) is 11.3. The molecule has 1 aliphatic heterocycles. The molecule has 1 aliphatic rings. The van der Waals surface area contributed by atoms with Crippen molar-refractivity contribution in [3.05, 3.63) is 65.7 Å². The summed E-state index contributed by atoms with van der Waals surface area (Å²) in [5.41, 5.74) is 3.30. The molecule has 0 spiro atoms. The lowest BCUT2D eigenvalue weighted by atomic mass is 9.97. The predicted octanol–water partition coefficient (Wildman–Crippen LogP) is 4.11. The maximum atomic E-state index is 13.2. The van der Waals surface area contributed by atoms with Gasteiger partial charge in [-0.3, -0.25) is 0 Å². The van der Waals surface area contributed by atoms with Crippen LogP contribution in [0.1, 0.15) is 30.1 Å². The largest absolute Gasteiger partial charge is 0.323 e. The highest BCUT2D eigenvalue weighted by Gasteiger charge is 2.22. The standard InChI is InChI=1S/C19H20FN3.ClH/c20-16-7-5-14(6-8-16)13-23-18-4-2-1-3-17(18)22-19(23)15-9-11-21-12-10-15;/h1-8,15,21H,9-13H2;1H. The smallest absolute Gasteiger partial charge is 0.123 e. The van der Waals surface area contributed by atoms with Gasteiger partial charge in [0.1, 0.15) is 11.6 Å². The number of hydrogen-bond donors (Lipinski definition) is 1. The van der Waals surface area contributed by atoms with E-state index in [-0.39, 0.29) is 18.2 Å². The molecule has 0 saturated carbocycles. The molecule has 3 nitrogen and oxygen atoms in total. The molecule has 2 heterocycles. The molecule has 0 amide bonds. The Morgan fingerprint density at radius 3 is 2.50 bits per heavy atom. The molecule has 24 heavy (non-hydrogen) atoms. The van der Waals surface area contributed by atoms with Crippen LogP contribution in [0.2, 0.25) is 0 Å². The van der Waals surface area contributed by atoms with Gasteiger partial charge >= 0.3 is 0 Å². The summed E-state index contributed by atoms with van der Waals surface area (Å²) >= 11 is 0. The Morgan fingerprint density at radius 1 is 1.04 bits per heavy atom. The maximum absolute atomic E-state index is 13.2. The number of hydrogen-bond acceptors (Lipinski definition) is 2. The Bertz CT molecular complexity index is 807. The highest BCUT2D eigenvalue weighted by atomic mass is 35.5. The molecule has 1 fully saturated rings. The van der Waals surface area contributed by atoms with Gasteiger partial charge in [-0.1, -0.05) is 24.3 Å². The first-order valence-electron chi connectivity index (χ1n) is 8.21. The molecule has 1 N–H and O–H groups in total. The van der Waals surface area contributed by atoms with E-state index in [9.17, 15) is 4.39 Å². The Labute approximate surface area is 147 Å². The summed E-state index contributed by atoms with van der Waals surface area (Å²) in [6, 6.07) is 15.0. The Morgan fingerprint density at radius 2 is 1.75 bits per heavy atom. The molecule has 0 aliphatic carbocycles. The Hall–Kier alpha value is -1.91.